The van der Waals surface area contributed by atoms with Gasteiger partial charge in [-0.05, 0) is 35.0 Å². The molecule has 58 valence electrons. The molecule has 0 aromatic heterocycles. The van der Waals surface area contributed by atoms with Crippen molar-refractivity contribution in [1.29, 1.82) is 0 Å². The van der Waals surface area contributed by atoms with Crippen molar-refractivity contribution in [3.05, 3.63) is 0 Å². The van der Waals surface area contributed by atoms with Crippen LogP contribution in [-0.4, -0.2) is 26.9 Å². The molecule has 0 aromatic rings. The normalized spacial score (nSPS) is 5.56. The van der Waals surface area contributed by atoms with Gasteiger partial charge in [0.1, 0.15) is 5.78 Å². The van der Waals surface area contributed by atoms with Crippen LogP contribution in [0.4, 0.5) is 0 Å². The van der Waals surface area contributed by atoms with Crippen LogP contribution in [0, 0.1) is 0 Å². The summed E-state index contributed by atoms with van der Waals surface area (Å²) in [6.07, 6.45) is 0. The van der Waals surface area contributed by atoms with Gasteiger partial charge in [-0.25, -0.2) is 0 Å². The van der Waals surface area contributed by atoms with Gasteiger partial charge in [-0.15, -0.1) is 0 Å². The van der Waals surface area contributed by atoms with Crippen LogP contribution in [0.1, 0.15) is 13.8 Å². The van der Waals surface area contributed by atoms with Crippen molar-refractivity contribution in [2.75, 3.05) is 21.1 Å². The second-order valence-corrected chi connectivity index (χ2v) is 1.41. The quantitative estimate of drug-likeness (QED) is 0.490. The smallest absolute Gasteiger partial charge is 0.126 e. The molecule has 3 heteroatoms. The Hall–Kier alpha value is -0.410. The van der Waals surface area contributed by atoms with Crippen LogP contribution in [0.25, 0.3) is 0 Å². The largest absolute Gasteiger partial charge is 0.333 e. The molecule has 0 aromatic carbocycles. The Morgan fingerprint density at radius 2 is 1.22 bits per heavy atom. The fourth-order valence-electron chi connectivity index (χ4n) is 0. The molecule has 0 heterocycles. The standard InChI is InChI=1S/C3H6O.C2H7N.CH5N/c1-3(2)4;1-3-2;1-2/h1-2H3;3H,1-2H3;2H2,1H3. The molecule has 0 fully saturated rings. The fraction of sp³-hybridized carbons (Fsp3) is 0.833. The lowest BCUT2D eigenvalue weighted by Crippen LogP contribution is -1.89. The van der Waals surface area contributed by atoms with E-state index in [4.69, 9.17) is 0 Å². The Balaban J connectivity index is -0.0000000646. The van der Waals surface area contributed by atoms with Crippen LogP contribution in [0.15, 0.2) is 0 Å². The van der Waals surface area contributed by atoms with Crippen LogP contribution in [0.3, 0.4) is 0 Å². The Kier molecular flexibility index (Phi) is 45.0. The molecule has 0 spiro atoms. The predicted octanol–water partition coefficient (Wildman–Crippen LogP) is 0.00580. The summed E-state index contributed by atoms with van der Waals surface area (Å²) in [4.78, 5) is 9.44. The molecule has 0 atom stereocenters. The van der Waals surface area contributed by atoms with Crippen molar-refractivity contribution in [1.82, 2.24) is 5.32 Å². The predicted molar refractivity (Wildman–Crippen MR) is 41.5 cm³/mol. The minimum absolute atomic E-state index is 0.167. The number of Topliss-reactive ketones (excluding diaryl/α,β-unsaturated/α-hetero) is 1. The van der Waals surface area contributed by atoms with Gasteiger partial charge in [0, 0.05) is 0 Å². The number of ketones is 1. The Morgan fingerprint density at radius 3 is 1.22 bits per heavy atom. The van der Waals surface area contributed by atoms with Crippen molar-refractivity contribution < 1.29 is 4.79 Å². The van der Waals surface area contributed by atoms with Gasteiger partial charge in [-0.3, -0.25) is 0 Å². The molecule has 0 rings (SSSR count). The summed E-state index contributed by atoms with van der Waals surface area (Å²) in [6.45, 7) is 3.06. The Bertz CT molecular complexity index is 42.3. The average molecular weight is 134 g/mol. The number of carbonyl (C=O) groups excluding carboxylic acids is 1. The van der Waals surface area contributed by atoms with Crippen LogP contribution < -0.4 is 11.1 Å². The molecule has 0 radical (unpaired) electrons. The molecule has 0 bridgehead atoms. The van der Waals surface area contributed by atoms with Gasteiger partial charge in [-0.2, -0.15) is 0 Å². The second-order valence-electron chi connectivity index (χ2n) is 1.41. The third-order valence-corrected chi connectivity index (χ3v) is 0. The van der Waals surface area contributed by atoms with Crippen molar-refractivity contribution in [2.24, 2.45) is 5.73 Å². The van der Waals surface area contributed by atoms with Gasteiger partial charge in [-0.1, -0.05) is 0 Å². The van der Waals surface area contributed by atoms with Crippen LogP contribution in [0.2, 0.25) is 0 Å². The van der Waals surface area contributed by atoms with E-state index < -0.39 is 0 Å². The van der Waals surface area contributed by atoms with E-state index in [1.54, 1.807) is 0 Å². The molecule has 3 N–H and O–H groups in total. The van der Waals surface area contributed by atoms with Gasteiger partial charge in [0.2, 0.25) is 0 Å². The highest BCUT2D eigenvalue weighted by molar-refractivity contribution is 5.72. The highest BCUT2D eigenvalue weighted by atomic mass is 16.1. The summed E-state index contributed by atoms with van der Waals surface area (Å²) in [5, 5.41) is 2.75. The van der Waals surface area contributed by atoms with Crippen molar-refractivity contribution >= 4 is 5.78 Å². The third kappa shape index (κ3) is 1410. The summed E-state index contributed by atoms with van der Waals surface area (Å²) < 4.78 is 0. The first-order chi connectivity index (χ1) is 4.15. The van der Waals surface area contributed by atoms with Crippen LogP contribution in [-0.2, 0) is 4.79 Å². The second kappa shape index (κ2) is 25.6. The van der Waals surface area contributed by atoms with Gasteiger partial charge >= 0.3 is 0 Å². The highest BCUT2D eigenvalue weighted by Crippen LogP contribution is 1.50. The van der Waals surface area contributed by atoms with E-state index >= 15 is 0 Å². The molecule has 0 aliphatic heterocycles. The minimum Gasteiger partial charge on any atom is -0.333 e. The van der Waals surface area contributed by atoms with E-state index in [1.807, 2.05) is 14.1 Å². The number of nitrogens with two attached hydrogens (primary N) is 1. The molecule has 0 aliphatic rings. The number of rotatable bonds is 0. The SMILES string of the molecule is CC(C)=O.CN.CNC. The van der Waals surface area contributed by atoms with E-state index in [1.165, 1.54) is 20.9 Å². The van der Waals surface area contributed by atoms with E-state index in [2.05, 4.69) is 11.1 Å². The number of nitrogens with one attached hydrogen (secondary N) is 1. The van der Waals surface area contributed by atoms with Gasteiger partial charge < -0.3 is 15.8 Å². The monoisotopic (exact) mass is 134 g/mol. The third-order valence-electron chi connectivity index (χ3n) is 0. The molecule has 0 aliphatic carbocycles. The average Bonchev–Trinajstić information content (AvgIpc) is 1.71. The summed E-state index contributed by atoms with van der Waals surface area (Å²) in [6, 6.07) is 0. The summed E-state index contributed by atoms with van der Waals surface area (Å²) in [7, 11) is 5.25. The van der Waals surface area contributed by atoms with Crippen molar-refractivity contribution in [2.45, 2.75) is 13.8 Å². The Morgan fingerprint density at radius 1 is 1.22 bits per heavy atom. The van der Waals surface area contributed by atoms with Crippen LogP contribution >= 0.6 is 0 Å². The maximum atomic E-state index is 9.44. The molecule has 0 amide bonds. The van der Waals surface area contributed by atoms with Crippen LogP contribution in [0.5, 0.6) is 0 Å². The lowest BCUT2D eigenvalue weighted by molar-refractivity contribution is -0.114. The lowest BCUT2D eigenvalue weighted by Gasteiger charge is -1.59. The highest BCUT2D eigenvalue weighted by Gasteiger charge is 1.62. The molecule has 0 unspecified atom stereocenters. The van der Waals surface area contributed by atoms with E-state index in [0.717, 1.165) is 0 Å². The first kappa shape index (κ1) is 15.8. The van der Waals surface area contributed by atoms with E-state index in [-0.39, 0.29) is 5.78 Å². The molecule has 0 saturated carbocycles. The number of carbonyl (C=O) groups is 1. The molecule has 0 saturated heterocycles. The summed E-state index contributed by atoms with van der Waals surface area (Å²) in [5.74, 6) is 0.167. The summed E-state index contributed by atoms with van der Waals surface area (Å²) in [5.41, 5.74) is 4.50. The van der Waals surface area contributed by atoms with Gasteiger partial charge in [0.25, 0.3) is 0 Å². The zero-order valence-corrected chi connectivity index (χ0v) is 6.99. The Labute approximate surface area is 57.6 Å². The van der Waals surface area contributed by atoms with Crippen molar-refractivity contribution in [3.8, 4) is 0 Å². The van der Waals surface area contributed by atoms with Crippen molar-refractivity contribution in [3.63, 3.8) is 0 Å². The first-order valence-corrected chi connectivity index (χ1v) is 2.78. The maximum Gasteiger partial charge on any atom is 0.126 e. The first-order valence-electron chi connectivity index (χ1n) is 2.78. The molecular formula is C6H18N2O. The minimum atomic E-state index is 0.167. The number of hydrogen-bond donors (Lipinski definition) is 2. The molecular weight excluding hydrogens is 116 g/mol. The zero-order valence-electron chi connectivity index (χ0n) is 6.99. The maximum absolute atomic E-state index is 9.44. The fourth-order valence-corrected chi connectivity index (χ4v) is 0. The molecule has 3 nitrogen and oxygen atoms in total. The van der Waals surface area contributed by atoms with Gasteiger partial charge in [0.05, 0.1) is 0 Å². The zero-order chi connectivity index (χ0) is 8.28. The number of hydrogen-bond acceptors (Lipinski definition) is 3. The van der Waals surface area contributed by atoms with E-state index in [9.17, 15) is 4.79 Å². The topological polar surface area (TPSA) is 55.1 Å². The summed E-state index contributed by atoms with van der Waals surface area (Å²) >= 11 is 0. The van der Waals surface area contributed by atoms with Gasteiger partial charge in [0.15, 0.2) is 0 Å². The van der Waals surface area contributed by atoms with E-state index in [0.29, 0.717) is 0 Å². The lowest BCUT2D eigenvalue weighted by atomic mass is 10.6. The molecule has 9 heavy (non-hydrogen) atoms.